The van der Waals surface area contributed by atoms with Gasteiger partial charge in [-0.15, -0.1) is 0 Å². The van der Waals surface area contributed by atoms with Crippen molar-refractivity contribution in [3.8, 4) is 11.5 Å². The van der Waals surface area contributed by atoms with Gasteiger partial charge in [-0.2, -0.15) is 0 Å². The third-order valence-electron chi connectivity index (χ3n) is 6.08. The molecule has 2 aliphatic rings. The molecule has 1 atom stereocenters. The molecule has 30 heavy (non-hydrogen) atoms. The Morgan fingerprint density at radius 3 is 2.60 bits per heavy atom. The second-order valence-electron chi connectivity index (χ2n) is 8.20. The molecule has 2 aromatic rings. The Bertz CT molecular complexity index is 900. The van der Waals surface area contributed by atoms with E-state index in [-0.39, 0.29) is 5.91 Å². The van der Waals surface area contributed by atoms with Gasteiger partial charge in [-0.25, -0.2) is 0 Å². The molecule has 2 aromatic carbocycles. The van der Waals surface area contributed by atoms with Gasteiger partial charge in [0.15, 0.2) is 11.5 Å². The molecule has 1 aliphatic heterocycles. The van der Waals surface area contributed by atoms with Crippen LogP contribution in [0.5, 0.6) is 11.5 Å². The van der Waals surface area contributed by atoms with Crippen LogP contribution in [-0.2, 0) is 0 Å². The normalized spacial score (nSPS) is 19.0. The summed E-state index contributed by atoms with van der Waals surface area (Å²) in [5, 5.41) is 0. The SMILES string of the molecule is COc1ccc(C(=O)N(C[C@@H]2CCCN2CC2CC2)c2cccc(Br)c2)cc1OC. The van der Waals surface area contributed by atoms with Crippen LogP contribution in [0.25, 0.3) is 0 Å². The lowest BCUT2D eigenvalue weighted by Crippen LogP contribution is -2.44. The predicted octanol–water partition coefficient (Wildman–Crippen LogP) is 4.99. The standard InChI is InChI=1S/C24H29BrN2O3/c1-29-22-11-10-18(13-23(22)30-2)24(28)27(20-6-3-5-19(25)14-20)16-21-7-4-12-26(21)15-17-8-9-17/h3,5-6,10-11,13-14,17,21H,4,7-9,12,15-16H2,1-2H3/t21-/m0/s1. The van der Waals surface area contributed by atoms with Crippen molar-refractivity contribution in [1.29, 1.82) is 0 Å². The molecule has 0 unspecified atom stereocenters. The van der Waals surface area contributed by atoms with E-state index < -0.39 is 0 Å². The Hall–Kier alpha value is -2.05. The number of halogens is 1. The van der Waals surface area contributed by atoms with Gasteiger partial charge in [0.05, 0.1) is 14.2 Å². The molecule has 1 saturated carbocycles. The summed E-state index contributed by atoms with van der Waals surface area (Å²) in [4.78, 5) is 18.2. The zero-order valence-corrected chi connectivity index (χ0v) is 19.2. The van der Waals surface area contributed by atoms with Crippen LogP contribution in [-0.4, -0.2) is 50.7 Å². The third-order valence-corrected chi connectivity index (χ3v) is 6.57. The number of amides is 1. The minimum Gasteiger partial charge on any atom is -0.493 e. The molecule has 1 amide bonds. The highest BCUT2D eigenvalue weighted by Crippen LogP contribution is 2.34. The van der Waals surface area contributed by atoms with Gasteiger partial charge >= 0.3 is 0 Å². The van der Waals surface area contributed by atoms with Gasteiger partial charge in [0.1, 0.15) is 0 Å². The number of nitrogens with zero attached hydrogens (tertiary/aromatic N) is 2. The maximum Gasteiger partial charge on any atom is 0.258 e. The van der Waals surface area contributed by atoms with Gasteiger partial charge in [0.2, 0.25) is 0 Å². The quantitative estimate of drug-likeness (QED) is 0.542. The number of carbonyl (C=O) groups is 1. The number of rotatable bonds is 8. The first-order chi connectivity index (χ1) is 14.6. The first-order valence-electron chi connectivity index (χ1n) is 10.6. The summed E-state index contributed by atoms with van der Waals surface area (Å²) >= 11 is 3.56. The second-order valence-corrected chi connectivity index (χ2v) is 9.12. The first-order valence-corrected chi connectivity index (χ1v) is 11.4. The minimum atomic E-state index is -0.0210. The highest BCUT2D eigenvalue weighted by atomic mass is 79.9. The molecule has 1 saturated heterocycles. The number of carbonyl (C=O) groups excluding carboxylic acids is 1. The second kappa shape index (κ2) is 9.40. The summed E-state index contributed by atoms with van der Waals surface area (Å²) in [6.45, 7) is 3.00. The maximum absolute atomic E-state index is 13.6. The highest BCUT2D eigenvalue weighted by molar-refractivity contribution is 9.10. The fourth-order valence-electron chi connectivity index (χ4n) is 4.26. The van der Waals surface area contributed by atoms with Crippen LogP contribution < -0.4 is 14.4 Å². The molecular weight excluding hydrogens is 444 g/mol. The Labute approximate surface area is 187 Å². The molecule has 2 fully saturated rings. The molecule has 0 aromatic heterocycles. The zero-order valence-electron chi connectivity index (χ0n) is 17.6. The van der Waals surface area contributed by atoms with Crippen molar-refractivity contribution in [2.75, 3.05) is 38.8 Å². The summed E-state index contributed by atoms with van der Waals surface area (Å²) in [6.07, 6.45) is 5.04. The fourth-order valence-corrected chi connectivity index (χ4v) is 4.65. The number of anilines is 1. The Kier molecular flexibility index (Phi) is 6.64. The van der Waals surface area contributed by atoms with Gasteiger partial charge in [0.25, 0.3) is 5.91 Å². The first kappa shape index (κ1) is 21.2. The molecule has 1 aliphatic carbocycles. The number of hydrogen-bond donors (Lipinski definition) is 0. The van der Waals surface area contributed by atoms with Crippen molar-refractivity contribution in [3.05, 3.63) is 52.5 Å². The molecular formula is C24H29BrN2O3. The number of benzene rings is 2. The molecule has 0 N–H and O–H groups in total. The summed E-state index contributed by atoms with van der Waals surface area (Å²) in [7, 11) is 3.19. The molecule has 5 nitrogen and oxygen atoms in total. The predicted molar refractivity (Wildman–Crippen MR) is 123 cm³/mol. The molecule has 1 heterocycles. The Morgan fingerprint density at radius 2 is 1.90 bits per heavy atom. The van der Waals surface area contributed by atoms with Gasteiger partial charge in [0, 0.05) is 34.9 Å². The van der Waals surface area contributed by atoms with E-state index in [2.05, 4.69) is 20.8 Å². The van der Waals surface area contributed by atoms with E-state index in [0.717, 1.165) is 29.0 Å². The molecule has 0 spiro atoms. The molecule has 0 bridgehead atoms. The van der Waals surface area contributed by atoms with Crippen molar-refractivity contribution < 1.29 is 14.3 Å². The summed E-state index contributed by atoms with van der Waals surface area (Å²) in [5.74, 6) is 2.02. The largest absolute Gasteiger partial charge is 0.493 e. The topological polar surface area (TPSA) is 42.0 Å². The highest BCUT2D eigenvalue weighted by Gasteiger charge is 2.33. The van der Waals surface area contributed by atoms with Crippen LogP contribution >= 0.6 is 15.9 Å². The Morgan fingerprint density at radius 1 is 1.10 bits per heavy atom. The zero-order chi connectivity index (χ0) is 21.1. The maximum atomic E-state index is 13.6. The number of hydrogen-bond acceptors (Lipinski definition) is 4. The average Bonchev–Trinajstić information content (AvgIpc) is 3.48. The van der Waals surface area contributed by atoms with E-state index in [9.17, 15) is 4.79 Å². The van der Waals surface area contributed by atoms with E-state index in [0.29, 0.717) is 29.6 Å². The van der Waals surface area contributed by atoms with E-state index >= 15 is 0 Å². The van der Waals surface area contributed by atoms with Crippen LogP contribution in [0.3, 0.4) is 0 Å². The van der Waals surface area contributed by atoms with Crippen LogP contribution in [0.15, 0.2) is 46.9 Å². The number of ether oxygens (including phenoxy) is 2. The van der Waals surface area contributed by atoms with Crippen LogP contribution in [0.4, 0.5) is 5.69 Å². The van der Waals surface area contributed by atoms with Gasteiger partial charge in [-0.05, 0) is 74.5 Å². The van der Waals surface area contributed by atoms with Gasteiger partial charge in [-0.3, -0.25) is 9.69 Å². The molecule has 6 heteroatoms. The molecule has 0 radical (unpaired) electrons. The lowest BCUT2D eigenvalue weighted by molar-refractivity contribution is 0.0977. The van der Waals surface area contributed by atoms with Gasteiger partial charge in [-0.1, -0.05) is 22.0 Å². The lowest BCUT2D eigenvalue weighted by atomic mass is 10.1. The van der Waals surface area contributed by atoms with Crippen LogP contribution in [0.2, 0.25) is 0 Å². The third kappa shape index (κ3) is 4.81. The fraction of sp³-hybridized carbons (Fsp3) is 0.458. The monoisotopic (exact) mass is 472 g/mol. The van der Waals surface area contributed by atoms with Gasteiger partial charge < -0.3 is 14.4 Å². The summed E-state index contributed by atoms with van der Waals surface area (Å²) < 4.78 is 11.7. The summed E-state index contributed by atoms with van der Waals surface area (Å²) in [5.41, 5.74) is 1.50. The van der Waals surface area contributed by atoms with Crippen molar-refractivity contribution in [2.45, 2.75) is 31.7 Å². The van der Waals surface area contributed by atoms with E-state index in [4.69, 9.17) is 9.47 Å². The van der Waals surface area contributed by atoms with Crippen molar-refractivity contribution in [2.24, 2.45) is 5.92 Å². The van der Waals surface area contributed by atoms with Crippen molar-refractivity contribution in [1.82, 2.24) is 4.90 Å². The number of likely N-dealkylation sites (tertiary alicyclic amines) is 1. The Balaban J connectivity index is 1.62. The minimum absolute atomic E-state index is 0.0210. The smallest absolute Gasteiger partial charge is 0.258 e. The number of methoxy groups -OCH3 is 2. The van der Waals surface area contributed by atoms with E-state index in [1.807, 2.05) is 35.2 Å². The van der Waals surface area contributed by atoms with E-state index in [1.54, 1.807) is 26.4 Å². The van der Waals surface area contributed by atoms with Crippen LogP contribution in [0.1, 0.15) is 36.0 Å². The molecule has 4 rings (SSSR count). The average molecular weight is 473 g/mol. The van der Waals surface area contributed by atoms with Crippen molar-refractivity contribution in [3.63, 3.8) is 0 Å². The van der Waals surface area contributed by atoms with Crippen LogP contribution in [0, 0.1) is 5.92 Å². The lowest BCUT2D eigenvalue weighted by Gasteiger charge is -2.31. The molecule has 160 valence electrons. The van der Waals surface area contributed by atoms with E-state index in [1.165, 1.54) is 25.8 Å². The van der Waals surface area contributed by atoms with Crippen molar-refractivity contribution >= 4 is 27.5 Å². The summed E-state index contributed by atoms with van der Waals surface area (Å²) in [6, 6.07) is 13.7.